The Morgan fingerprint density at radius 1 is 0.839 bits per heavy atom. The van der Waals surface area contributed by atoms with Crippen molar-refractivity contribution >= 4 is 21.8 Å². The molecule has 1 aromatic rings. The number of benzene rings is 1. The van der Waals surface area contributed by atoms with Gasteiger partial charge in [0.15, 0.2) is 0 Å². The molecule has 0 unspecified atom stereocenters. The van der Waals surface area contributed by atoms with Gasteiger partial charge in [-0.3, -0.25) is 9.59 Å². The summed E-state index contributed by atoms with van der Waals surface area (Å²) in [5, 5.41) is 0. The number of morpholine rings is 1. The summed E-state index contributed by atoms with van der Waals surface area (Å²) in [6, 6.07) is 3.89. The van der Waals surface area contributed by atoms with Gasteiger partial charge in [0.25, 0.3) is 0 Å². The SMILES string of the molecule is Cc1cc(C(C)(C)C)cc(C)c1S(=O)(=O)N1CCN(C(=O)C(=O)N2CCOCC2)CC1. The average molecular weight is 452 g/mol. The number of piperazine rings is 1. The van der Waals surface area contributed by atoms with Crippen molar-refractivity contribution in [2.24, 2.45) is 0 Å². The van der Waals surface area contributed by atoms with Crippen LogP contribution in [0.2, 0.25) is 0 Å². The van der Waals surface area contributed by atoms with E-state index >= 15 is 0 Å². The molecule has 0 radical (unpaired) electrons. The largest absolute Gasteiger partial charge is 0.378 e. The maximum Gasteiger partial charge on any atom is 0.312 e. The van der Waals surface area contributed by atoms with Gasteiger partial charge in [0.2, 0.25) is 10.0 Å². The fraction of sp³-hybridized carbons (Fsp3) is 0.636. The number of sulfonamides is 1. The summed E-state index contributed by atoms with van der Waals surface area (Å²) >= 11 is 0. The van der Waals surface area contributed by atoms with Crippen molar-refractivity contribution in [2.75, 3.05) is 52.5 Å². The van der Waals surface area contributed by atoms with E-state index in [0.29, 0.717) is 31.2 Å². The van der Waals surface area contributed by atoms with Crippen molar-refractivity contribution in [3.05, 3.63) is 28.8 Å². The van der Waals surface area contributed by atoms with E-state index in [-0.39, 0.29) is 31.6 Å². The van der Waals surface area contributed by atoms with Crippen LogP contribution in [0.3, 0.4) is 0 Å². The van der Waals surface area contributed by atoms with Crippen molar-refractivity contribution in [2.45, 2.75) is 44.9 Å². The predicted molar refractivity (Wildman–Crippen MR) is 117 cm³/mol. The van der Waals surface area contributed by atoms with Crippen LogP contribution in [0, 0.1) is 13.8 Å². The number of amides is 2. The zero-order valence-electron chi connectivity index (χ0n) is 19.1. The number of carbonyl (C=O) groups excluding carboxylic acids is 2. The monoisotopic (exact) mass is 451 g/mol. The Hall–Kier alpha value is -1.97. The summed E-state index contributed by atoms with van der Waals surface area (Å²) in [6.45, 7) is 12.4. The van der Waals surface area contributed by atoms with E-state index in [4.69, 9.17) is 4.74 Å². The highest BCUT2D eigenvalue weighted by atomic mass is 32.2. The first kappa shape index (κ1) is 23.7. The van der Waals surface area contributed by atoms with Gasteiger partial charge in [-0.15, -0.1) is 0 Å². The lowest BCUT2D eigenvalue weighted by atomic mass is 9.85. The minimum Gasteiger partial charge on any atom is -0.378 e. The zero-order valence-corrected chi connectivity index (χ0v) is 19.9. The number of aryl methyl sites for hydroxylation is 2. The summed E-state index contributed by atoms with van der Waals surface area (Å²) < 4.78 is 33.4. The molecular weight excluding hydrogens is 418 g/mol. The normalized spacial score (nSPS) is 18.9. The molecular formula is C22H33N3O5S. The van der Waals surface area contributed by atoms with Crippen LogP contribution in [0.15, 0.2) is 17.0 Å². The summed E-state index contributed by atoms with van der Waals surface area (Å²) in [5.74, 6) is -1.11. The Morgan fingerprint density at radius 3 is 1.74 bits per heavy atom. The lowest BCUT2D eigenvalue weighted by Gasteiger charge is -2.35. The van der Waals surface area contributed by atoms with Crippen LogP contribution >= 0.6 is 0 Å². The average Bonchev–Trinajstić information content (AvgIpc) is 2.72. The molecule has 2 fully saturated rings. The van der Waals surface area contributed by atoms with Gasteiger partial charge in [0, 0.05) is 39.3 Å². The number of nitrogens with zero attached hydrogens (tertiary/aromatic N) is 3. The van der Waals surface area contributed by atoms with E-state index in [2.05, 4.69) is 20.8 Å². The third kappa shape index (κ3) is 4.94. The molecule has 2 aliphatic heterocycles. The Bertz CT molecular complexity index is 931. The predicted octanol–water partition coefficient (Wildman–Crippen LogP) is 1.29. The number of ether oxygens (including phenoxy) is 1. The molecule has 3 rings (SSSR count). The number of hydrogen-bond donors (Lipinski definition) is 0. The van der Waals surface area contributed by atoms with E-state index in [1.807, 2.05) is 26.0 Å². The van der Waals surface area contributed by atoms with Crippen molar-refractivity contribution in [1.29, 1.82) is 0 Å². The Morgan fingerprint density at radius 2 is 1.29 bits per heavy atom. The lowest BCUT2D eigenvalue weighted by Crippen LogP contribution is -2.55. The molecule has 31 heavy (non-hydrogen) atoms. The molecule has 0 aromatic heterocycles. The second-order valence-electron chi connectivity index (χ2n) is 9.29. The topological polar surface area (TPSA) is 87.2 Å². The molecule has 8 nitrogen and oxygen atoms in total. The molecule has 2 amide bonds. The molecule has 0 saturated carbocycles. The fourth-order valence-electron chi connectivity index (χ4n) is 4.09. The fourth-order valence-corrected chi connectivity index (χ4v) is 5.92. The molecule has 9 heteroatoms. The number of hydrogen-bond acceptors (Lipinski definition) is 5. The molecule has 2 heterocycles. The van der Waals surface area contributed by atoms with Gasteiger partial charge in [-0.1, -0.05) is 32.9 Å². The van der Waals surface area contributed by atoms with Gasteiger partial charge in [-0.25, -0.2) is 8.42 Å². The number of rotatable bonds is 2. The third-order valence-electron chi connectivity index (χ3n) is 5.93. The van der Waals surface area contributed by atoms with Gasteiger partial charge >= 0.3 is 11.8 Å². The quantitative estimate of drug-likeness (QED) is 0.633. The second kappa shape index (κ2) is 8.88. The highest BCUT2D eigenvalue weighted by Crippen LogP contribution is 2.31. The van der Waals surface area contributed by atoms with Crippen LogP contribution in [-0.4, -0.2) is 86.8 Å². The molecule has 1 aromatic carbocycles. The Balaban J connectivity index is 1.71. The van der Waals surface area contributed by atoms with Gasteiger partial charge in [0.1, 0.15) is 0 Å². The van der Waals surface area contributed by atoms with Crippen LogP contribution in [0.4, 0.5) is 0 Å². The van der Waals surface area contributed by atoms with Crippen LogP contribution in [0.25, 0.3) is 0 Å². The summed E-state index contributed by atoms with van der Waals surface area (Å²) in [5.41, 5.74) is 2.48. The summed E-state index contributed by atoms with van der Waals surface area (Å²) in [6.07, 6.45) is 0. The first-order valence-corrected chi connectivity index (χ1v) is 12.1. The van der Waals surface area contributed by atoms with Gasteiger partial charge in [-0.05, 0) is 36.0 Å². The maximum atomic E-state index is 13.4. The lowest BCUT2D eigenvalue weighted by molar-refractivity contribution is -0.154. The third-order valence-corrected chi connectivity index (χ3v) is 8.14. The molecule has 172 valence electrons. The van der Waals surface area contributed by atoms with E-state index in [9.17, 15) is 18.0 Å². The van der Waals surface area contributed by atoms with Gasteiger partial charge in [-0.2, -0.15) is 4.31 Å². The number of carbonyl (C=O) groups is 2. The Labute approximate surface area is 185 Å². The minimum absolute atomic E-state index is 0.0726. The minimum atomic E-state index is -3.69. The summed E-state index contributed by atoms with van der Waals surface area (Å²) in [4.78, 5) is 28.3. The van der Waals surface area contributed by atoms with Crippen LogP contribution in [0.1, 0.15) is 37.5 Å². The van der Waals surface area contributed by atoms with Gasteiger partial charge < -0.3 is 14.5 Å². The Kier molecular flexibility index (Phi) is 6.78. The van der Waals surface area contributed by atoms with E-state index in [0.717, 1.165) is 16.7 Å². The molecule has 0 aliphatic carbocycles. The molecule has 0 bridgehead atoms. The molecule has 2 saturated heterocycles. The molecule has 0 spiro atoms. The van der Waals surface area contributed by atoms with E-state index in [1.165, 1.54) is 14.1 Å². The van der Waals surface area contributed by atoms with Crippen molar-refractivity contribution in [3.8, 4) is 0 Å². The first-order chi connectivity index (χ1) is 14.4. The van der Waals surface area contributed by atoms with Crippen molar-refractivity contribution < 1.29 is 22.7 Å². The van der Waals surface area contributed by atoms with Crippen LogP contribution in [-0.2, 0) is 29.8 Å². The highest BCUT2D eigenvalue weighted by molar-refractivity contribution is 7.89. The van der Waals surface area contributed by atoms with E-state index in [1.54, 1.807) is 0 Å². The molecule has 0 N–H and O–H groups in total. The van der Waals surface area contributed by atoms with Crippen molar-refractivity contribution in [1.82, 2.24) is 14.1 Å². The first-order valence-electron chi connectivity index (χ1n) is 10.7. The molecule has 2 aliphatic rings. The summed E-state index contributed by atoms with van der Waals surface area (Å²) in [7, 11) is -3.69. The highest BCUT2D eigenvalue weighted by Gasteiger charge is 2.35. The molecule has 0 atom stereocenters. The zero-order chi connectivity index (χ0) is 23.0. The smallest absolute Gasteiger partial charge is 0.312 e. The van der Waals surface area contributed by atoms with Gasteiger partial charge in [0.05, 0.1) is 18.1 Å². The standard InChI is InChI=1S/C22H33N3O5S/c1-16-14-18(22(3,4)5)15-17(2)19(16)31(28,29)25-8-6-23(7-9-25)20(26)21(27)24-10-12-30-13-11-24/h14-15H,6-13H2,1-5H3. The maximum absolute atomic E-state index is 13.4. The second-order valence-corrected chi connectivity index (χ2v) is 11.2. The van der Waals surface area contributed by atoms with Crippen LogP contribution in [0.5, 0.6) is 0 Å². The van der Waals surface area contributed by atoms with E-state index < -0.39 is 21.8 Å². The van der Waals surface area contributed by atoms with Crippen LogP contribution < -0.4 is 0 Å². The van der Waals surface area contributed by atoms with Crippen molar-refractivity contribution in [3.63, 3.8) is 0 Å².